The van der Waals surface area contributed by atoms with Crippen molar-refractivity contribution in [1.29, 1.82) is 0 Å². The van der Waals surface area contributed by atoms with Crippen LogP contribution in [0.2, 0.25) is 0 Å². The molecule has 1 aliphatic rings. The first-order valence-corrected chi connectivity index (χ1v) is 12.5. The second-order valence-corrected chi connectivity index (χ2v) is 9.71. The number of thioether (sulfide) groups is 1. The molecule has 178 valence electrons. The SMILES string of the molecule is Cc1nn(Cc2ccc(C(=O)Nc3ccc(CCN4CCSCC4)cc3)cc2)c(C)c1[N+](=O)[O-]. The smallest absolute Gasteiger partial charge is 0.312 e. The van der Waals surface area contributed by atoms with Gasteiger partial charge in [0.25, 0.3) is 5.91 Å². The van der Waals surface area contributed by atoms with E-state index in [9.17, 15) is 14.9 Å². The van der Waals surface area contributed by atoms with Crippen LogP contribution in [0, 0.1) is 24.0 Å². The van der Waals surface area contributed by atoms with E-state index in [0.717, 1.165) is 24.2 Å². The second kappa shape index (κ2) is 10.8. The summed E-state index contributed by atoms with van der Waals surface area (Å²) >= 11 is 2.02. The standard InChI is InChI=1S/C25H29N5O3S/c1-18-24(30(32)33)19(2)29(27-18)17-21-3-7-22(8-4-21)25(31)26-23-9-5-20(6-10-23)11-12-28-13-15-34-16-14-28/h3-10H,11-17H2,1-2H3,(H,26,31). The van der Waals surface area contributed by atoms with Gasteiger partial charge in [0.1, 0.15) is 11.4 Å². The maximum atomic E-state index is 12.7. The van der Waals surface area contributed by atoms with E-state index >= 15 is 0 Å². The van der Waals surface area contributed by atoms with E-state index < -0.39 is 4.92 Å². The van der Waals surface area contributed by atoms with Crippen LogP contribution >= 0.6 is 11.8 Å². The first-order valence-electron chi connectivity index (χ1n) is 11.4. The molecule has 2 heterocycles. The summed E-state index contributed by atoms with van der Waals surface area (Å²) in [5, 5.41) is 18.4. The molecule has 0 radical (unpaired) electrons. The zero-order valence-corrected chi connectivity index (χ0v) is 20.3. The minimum absolute atomic E-state index is 0.0487. The summed E-state index contributed by atoms with van der Waals surface area (Å²) < 4.78 is 1.62. The fraction of sp³-hybridized carbons (Fsp3) is 0.360. The van der Waals surface area contributed by atoms with Crippen molar-refractivity contribution in [3.8, 4) is 0 Å². The summed E-state index contributed by atoms with van der Waals surface area (Å²) in [7, 11) is 0. The van der Waals surface area contributed by atoms with Gasteiger partial charge in [-0.05, 0) is 55.7 Å². The van der Waals surface area contributed by atoms with Crippen LogP contribution in [0.3, 0.4) is 0 Å². The summed E-state index contributed by atoms with van der Waals surface area (Å²) in [6.45, 7) is 7.13. The zero-order chi connectivity index (χ0) is 24.1. The number of nitrogens with one attached hydrogen (secondary N) is 1. The molecule has 1 saturated heterocycles. The minimum Gasteiger partial charge on any atom is -0.322 e. The third-order valence-electron chi connectivity index (χ3n) is 6.11. The van der Waals surface area contributed by atoms with Crippen molar-refractivity contribution in [2.24, 2.45) is 0 Å². The summed E-state index contributed by atoms with van der Waals surface area (Å²) in [4.78, 5) is 26.0. The van der Waals surface area contributed by atoms with Crippen molar-refractivity contribution in [3.05, 3.63) is 86.7 Å². The maximum absolute atomic E-state index is 12.7. The van der Waals surface area contributed by atoms with Crippen molar-refractivity contribution in [2.45, 2.75) is 26.8 Å². The number of aromatic nitrogens is 2. The first-order chi connectivity index (χ1) is 16.4. The van der Waals surface area contributed by atoms with E-state index in [1.54, 1.807) is 30.7 Å². The molecule has 1 N–H and O–H groups in total. The van der Waals surface area contributed by atoms with Gasteiger partial charge in [-0.1, -0.05) is 24.3 Å². The lowest BCUT2D eigenvalue weighted by molar-refractivity contribution is -0.386. The van der Waals surface area contributed by atoms with Gasteiger partial charge in [-0.15, -0.1) is 0 Å². The van der Waals surface area contributed by atoms with Crippen molar-refractivity contribution in [1.82, 2.24) is 14.7 Å². The Morgan fingerprint density at radius 2 is 1.71 bits per heavy atom. The summed E-state index contributed by atoms with van der Waals surface area (Å²) in [5.41, 5.74) is 4.46. The van der Waals surface area contributed by atoms with Crippen molar-refractivity contribution in [3.63, 3.8) is 0 Å². The van der Waals surface area contributed by atoms with Crippen LogP contribution in [0.25, 0.3) is 0 Å². The molecule has 1 fully saturated rings. The number of anilines is 1. The van der Waals surface area contributed by atoms with Crippen LogP contribution in [0.15, 0.2) is 48.5 Å². The molecule has 0 atom stereocenters. The van der Waals surface area contributed by atoms with Gasteiger partial charge >= 0.3 is 5.69 Å². The lowest BCUT2D eigenvalue weighted by Gasteiger charge is -2.26. The normalized spacial score (nSPS) is 14.2. The Kier molecular flexibility index (Phi) is 7.64. The molecule has 2 aromatic carbocycles. The van der Waals surface area contributed by atoms with Crippen molar-refractivity contribution < 1.29 is 9.72 Å². The summed E-state index contributed by atoms with van der Waals surface area (Å²) in [6.07, 6.45) is 1.01. The molecule has 9 heteroatoms. The Morgan fingerprint density at radius 3 is 2.32 bits per heavy atom. The largest absolute Gasteiger partial charge is 0.322 e. The highest BCUT2D eigenvalue weighted by Gasteiger charge is 2.21. The van der Waals surface area contributed by atoms with E-state index in [1.165, 1.54) is 30.2 Å². The predicted molar refractivity (Wildman–Crippen MR) is 136 cm³/mol. The molecule has 8 nitrogen and oxygen atoms in total. The molecule has 0 unspecified atom stereocenters. The van der Waals surface area contributed by atoms with E-state index in [0.29, 0.717) is 23.5 Å². The molecule has 0 aliphatic carbocycles. The number of nitrogens with zero attached hydrogens (tertiary/aromatic N) is 4. The van der Waals surface area contributed by atoms with Gasteiger partial charge in [0.2, 0.25) is 0 Å². The van der Waals surface area contributed by atoms with Gasteiger partial charge in [-0.25, -0.2) is 0 Å². The molecule has 4 rings (SSSR count). The Labute approximate surface area is 203 Å². The van der Waals surface area contributed by atoms with Crippen LogP contribution in [0.1, 0.15) is 32.9 Å². The number of rotatable bonds is 8. The number of hydrogen-bond acceptors (Lipinski definition) is 6. The quantitative estimate of drug-likeness (QED) is 0.382. The van der Waals surface area contributed by atoms with Gasteiger partial charge in [-0.3, -0.25) is 19.6 Å². The van der Waals surface area contributed by atoms with E-state index in [-0.39, 0.29) is 11.6 Å². The maximum Gasteiger partial charge on any atom is 0.312 e. The number of carbonyl (C=O) groups excluding carboxylic acids is 1. The Bertz CT molecular complexity index is 1150. The van der Waals surface area contributed by atoms with E-state index in [4.69, 9.17) is 0 Å². The van der Waals surface area contributed by atoms with Crippen LogP contribution < -0.4 is 5.32 Å². The topological polar surface area (TPSA) is 93.3 Å². The predicted octanol–water partition coefficient (Wildman–Crippen LogP) is 4.30. The molecule has 0 saturated carbocycles. The van der Waals surface area contributed by atoms with Crippen LogP contribution in [0.5, 0.6) is 0 Å². The van der Waals surface area contributed by atoms with Crippen LogP contribution in [0.4, 0.5) is 11.4 Å². The fourth-order valence-corrected chi connectivity index (χ4v) is 5.09. The molecule has 34 heavy (non-hydrogen) atoms. The fourth-order valence-electron chi connectivity index (χ4n) is 4.11. The number of carbonyl (C=O) groups is 1. The number of amides is 1. The average molecular weight is 480 g/mol. The third kappa shape index (κ3) is 5.84. The number of hydrogen-bond donors (Lipinski definition) is 1. The highest BCUT2D eigenvalue weighted by Crippen LogP contribution is 2.22. The lowest BCUT2D eigenvalue weighted by atomic mass is 10.1. The van der Waals surface area contributed by atoms with Gasteiger partial charge < -0.3 is 10.2 Å². The zero-order valence-electron chi connectivity index (χ0n) is 19.5. The lowest BCUT2D eigenvalue weighted by Crippen LogP contribution is -2.34. The van der Waals surface area contributed by atoms with Crippen LogP contribution in [-0.2, 0) is 13.0 Å². The Hall–Kier alpha value is -3.17. The second-order valence-electron chi connectivity index (χ2n) is 8.49. The number of nitro groups is 1. The molecule has 3 aromatic rings. The van der Waals surface area contributed by atoms with Crippen molar-refractivity contribution in [2.75, 3.05) is 36.5 Å². The molecule has 1 aliphatic heterocycles. The highest BCUT2D eigenvalue weighted by atomic mass is 32.2. The van der Waals surface area contributed by atoms with E-state index in [2.05, 4.69) is 27.4 Å². The van der Waals surface area contributed by atoms with E-state index in [1.807, 2.05) is 36.0 Å². The van der Waals surface area contributed by atoms with Crippen LogP contribution in [-0.4, -0.2) is 56.7 Å². The van der Waals surface area contributed by atoms with Gasteiger partial charge in [-0.2, -0.15) is 16.9 Å². The monoisotopic (exact) mass is 479 g/mol. The van der Waals surface area contributed by atoms with Gasteiger partial charge in [0, 0.05) is 42.4 Å². The molecule has 0 bridgehead atoms. The molecular formula is C25H29N5O3S. The minimum atomic E-state index is -0.401. The molecular weight excluding hydrogens is 450 g/mol. The molecule has 1 amide bonds. The summed E-state index contributed by atoms with van der Waals surface area (Å²) in [6, 6.07) is 15.3. The first kappa shape index (κ1) is 24.0. The van der Waals surface area contributed by atoms with Crippen molar-refractivity contribution >= 4 is 29.0 Å². The summed E-state index contributed by atoms with van der Waals surface area (Å²) in [5.74, 6) is 2.26. The number of aryl methyl sites for hydroxylation is 1. The highest BCUT2D eigenvalue weighted by molar-refractivity contribution is 7.99. The van der Waals surface area contributed by atoms with Gasteiger partial charge in [0.05, 0.1) is 11.5 Å². The molecule has 0 spiro atoms. The Morgan fingerprint density at radius 1 is 1.06 bits per heavy atom. The average Bonchev–Trinajstić information content (AvgIpc) is 3.12. The van der Waals surface area contributed by atoms with Gasteiger partial charge in [0.15, 0.2) is 0 Å². The number of benzene rings is 2. The Balaban J connectivity index is 1.32. The third-order valence-corrected chi connectivity index (χ3v) is 7.05. The molecule has 1 aromatic heterocycles.